The highest BCUT2D eigenvalue weighted by Gasteiger charge is 2.13. The van der Waals surface area contributed by atoms with Crippen LogP contribution in [0.4, 0.5) is 0 Å². The van der Waals surface area contributed by atoms with Gasteiger partial charge < -0.3 is 9.80 Å². The molecule has 22 heavy (non-hydrogen) atoms. The molecule has 0 unspecified atom stereocenters. The summed E-state index contributed by atoms with van der Waals surface area (Å²) in [6.45, 7) is 4.70. The Balaban J connectivity index is 4.15. The van der Waals surface area contributed by atoms with Gasteiger partial charge in [-0.15, -0.1) is 25.8 Å². The van der Waals surface area contributed by atoms with Gasteiger partial charge in [0.15, 0.2) is 0 Å². The van der Waals surface area contributed by atoms with Gasteiger partial charge in [0.2, 0.25) is 11.8 Å². The molecule has 0 aromatic heterocycles. The van der Waals surface area contributed by atoms with E-state index in [2.05, 4.69) is 24.3 Å². The van der Waals surface area contributed by atoms with Gasteiger partial charge in [0.05, 0.1) is 19.6 Å². The first-order valence-corrected chi connectivity index (χ1v) is 7.07. The maximum Gasteiger partial charge on any atom is 0.224 e. The van der Waals surface area contributed by atoms with Crippen molar-refractivity contribution >= 4 is 11.8 Å². The molecule has 0 aromatic carbocycles. The third kappa shape index (κ3) is 7.83. The van der Waals surface area contributed by atoms with Crippen molar-refractivity contribution < 1.29 is 9.59 Å². The summed E-state index contributed by atoms with van der Waals surface area (Å²) in [7, 11) is 0. The molecule has 0 heterocycles. The molecule has 0 bridgehead atoms. The second kappa shape index (κ2) is 12.1. The molecule has 0 aromatic rings. The van der Waals surface area contributed by atoms with Crippen molar-refractivity contribution in [2.75, 3.05) is 26.2 Å². The van der Waals surface area contributed by atoms with Crippen molar-refractivity contribution in [1.82, 2.24) is 9.80 Å². The third-order valence-electron chi connectivity index (χ3n) is 2.93. The molecule has 0 spiro atoms. The largest absolute Gasteiger partial charge is 0.328 e. The molecule has 2 amide bonds. The number of carbonyl (C=O) groups is 2. The summed E-state index contributed by atoms with van der Waals surface area (Å²) < 4.78 is 0. The van der Waals surface area contributed by atoms with Crippen LogP contribution < -0.4 is 0 Å². The number of hydrogen-bond donors (Lipinski definition) is 0. The molecule has 0 saturated carbocycles. The topological polar surface area (TPSA) is 40.6 Å². The van der Waals surface area contributed by atoms with Crippen molar-refractivity contribution in [3.8, 4) is 37.0 Å². The fourth-order valence-electron chi connectivity index (χ4n) is 1.84. The molecule has 0 aliphatic carbocycles. The fraction of sp³-hybridized carbons (Fsp3) is 0.444. The minimum absolute atomic E-state index is 0.0330. The predicted octanol–water partition coefficient (Wildman–Crippen LogP) is 1.29. The Morgan fingerprint density at radius 3 is 1.68 bits per heavy atom. The number of amides is 2. The predicted molar refractivity (Wildman–Crippen MR) is 88.3 cm³/mol. The molecule has 4 heteroatoms. The molecular weight excluding hydrogens is 276 g/mol. The van der Waals surface area contributed by atoms with E-state index in [0.717, 1.165) is 0 Å². The van der Waals surface area contributed by atoms with Gasteiger partial charge in [0.1, 0.15) is 0 Å². The van der Waals surface area contributed by atoms with E-state index in [-0.39, 0.29) is 31.4 Å². The summed E-state index contributed by atoms with van der Waals surface area (Å²) >= 11 is 0. The average Bonchev–Trinajstić information content (AvgIpc) is 2.50. The standard InChI is InChI=1S/C18H22N2O2/c1-5-13-19(14-6-2)17(21)11-9-10-12-18(22)20(15-7-3)16-8-4/h1-3,8H,4,9-16H2. The molecule has 4 nitrogen and oxygen atoms in total. The highest BCUT2D eigenvalue weighted by atomic mass is 16.2. The zero-order chi connectivity index (χ0) is 16.8. The molecule has 0 fully saturated rings. The van der Waals surface area contributed by atoms with Gasteiger partial charge in [-0.25, -0.2) is 0 Å². The van der Waals surface area contributed by atoms with Gasteiger partial charge in [0.25, 0.3) is 0 Å². The van der Waals surface area contributed by atoms with Gasteiger partial charge in [-0.05, 0) is 12.8 Å². The lowest BCUT2D eigenvalue weighted by molar-refractivity contribution is -0.132. The Bertz CT molecular complexity index is 487. The maximum absolute atomic E-state index is 11.9. The molecule has 0 radical (unpaired) electrons. The molecule has 0 aliphatic heterocycles. The molecule has 0 aliphatic rings. The van der Waals surface area contributed by atoms with E-state index < -0.39 is 0 Å². The Labute approximate surface area is 133 Å². The molecule has 0 saturated heterocycles. The SMILES string of the molecule is C#CCN(CC#C)C(=O)CCCCC(=O)N(CC#C)CC=C. The summed E-state index contributed by atoms with van der Waals surface area (Å²) in [5.41, 5.74) is 0. The van der Waals surface area contributed by atoms with Crippen LogP contribution in [-0.2, 0) is 9.59 Å². The maximum atomic E-state index is 11.9. The van der Waals surface area contributed by atoms with Crippen molar-refractivity contribution in [1.29, 1.82) is 0 Å². The van der Waals surface area contributed by atoms with Crippen LogP contribution in [0.25, 0.3) is 0 Å². The second-order valence-electron chi connectivity index (χ2n) is 4.63. The quantitative estimate of drug-likeness (QED) is 0.346. The van der Waals surface area contributed by atoms with Gasteiger partial charge in [-0.2, -0.15) is 0 Å². The lowest BCUT2D eigenvalue weighted by Crippen LogP contribution is -2.32. The zero-order valence-corrected chi connectivity index (χ0v) is 12.9. The number of terminal acetylenes is 3. The third-order valence-corrected chi connectivity index (χ3v) is 2.93. The molecule has 0 N–H and O–H groups in total. The number of carbonyl (C=O) groups excluding carboxylic acids is 2. The monoisotopic (exact) mass is 298 g/mol. The van der Waals surface area contributed by atoms with Crippen molar-refractivity contribution in [3.05, 3.63) is 12.7 Å². The van der Waals surface area contributed by atoms with E-state index in [1.807, 2.05) is 0 Å². The first kappa shape index (κ1) is 19.4. The molecular formula is C18H22N2O2. The van der Waals surface area contributed by atoms with Crippen LogP contribution in [-0.4, -0.2) is 47.8 Å². The summed E-state index contributed by atoms with van der Waals surface area (Å²) in [4.78, 5) is 26.8. The number of hydrogen-bond acceptors (Lipinski definition) is 2. The first-order chi connectivity index (χ1) is 10.6. The van der Waals surface area contributed by atoms with Gasteiger partial charge in [0, 0.05) is 19.4 Å². The second-order valence-corrected chi connectivity index (χ2v) is 4.63. The smallest absolute Gasteiger partial charge is 0.224 e. The van der Waals surface area contributed by atoms with E-state index in [9.17, 15) is 9.59 Å². The van der Waals surface area contributed by atoms with E-state index >= 15 is 0 Å². The van der Waals surface area contributed by atoms with Crippen LogP contribution in [0.5, 0.6) is 0 Å². The normalized spacial score (nSPS) is 8.95. The van der Waals surface area contributed by atoms with Gasteiger partial charge in [-0.3, -0.25) is 9.59 Å². The average molecular weight is 298 g/mol. The van der Waals surface area contributed by atoms with Crippen LogP contribution in [0, 0.1) is 37.0 Å². The Morgan fingerprint density at radius 1 is 0.864 bits per heavy atom. The fourth-order valence-corrected chi connectivity index (χ4v) is 1.84. The van der Waals surface area contributed by atoms with Crippen LogP contribution in [0.2, 0.25) is 0 Å². The Kier molecular flexibility index (Phi) is 10.7. The van der Waals surface area contributed by atoms with E-state index in [4.69, 9.17) is 19.3 Å². The Hall–Kier alpha value is -2.64. The summed E-state index contributed by atoms with van der Waals surface area (Å²) in [5.74, 6) is 7.13. The summed E-state index contributed by atoms with van der Waals surface area (Å²) in [6.07, 6.45) is 19.1. The van der Waals surface area contributed by atoms with Crippen LogP contribution >= 0.6 is 0 Å². The Morgan fingerprint density at radius 2 is 1.27 bits per heavy atom. The lowest BCUT2D eigenvalue weighted by atomic mass is 10.1. The van der Waals surface area contributed by atoms with E-state index in [0.29, 0.717) is 32.2 Å². The van der Waals surface area contributed by atoms with E-state index in [1.165, 1.54) is 4.90 Å². The summed E-state index contributed by atoms with van der Waals surface area (Å²) in [5, 5.41) is 0. The van der Waals surface area contributed by atoms with Crippen LogP contribution in [0.1, 0.15) is 25.7 Å². The van der Waals surface area contributed by atoms with Crippen LogP contribution in [0.15, 0.2) is 12.7 Å². The number of unbranched alkanes of at least 4 members (excludes halogenated alkanes) is 1. The zero-order valence-electron chi connectivity index (χ0n) is 12.9. The van der Waals surface area contributed by atoms with Crippen molar-refractivity contribution in [2.24, 2.45) is 0 Å². The summed E-state index contributed by atoms with van der Waals surface area (Å²) in [6, 6.07) is 0. The molecule has 0 atom stereocenters. The minimum Gasteiger partial charge on any atom is -0.328 e. The van der Waals surface area contributed by atoms with Gasteiger partial charge >= 0.3 is 0 Å². The van der Waals surface area contributed by atoms with Crippen LogP contribution in [0.3, 0.4) is 0 Å². The van der Waals surface area contributed by atoms with Gasteiger partial charge in [-0.1, -0.05) is 23.8 Å². The number of rotatable bonds is 10. The minimum atomic E-state index is -0.0880. The number of nitrogens with zero attached hydrogens (tertiary/aromatic N) is 2. The highest BCUT2D eigenvalue weighted by molar-refractivity contribution is 5.78. The molecule has 0 rings (SSSR count). The first-order valence-electron chi connectivity index (χ1n) is 7.07. The van der Waals surface area contributed by atoms with Crippen molar-refractivity contribution in [2.45, 2.75) is 25.7 Å². The highest BCUT2D eigenvalue weighted by Crippen LogP contribution is 2.06. The lowest BCUT2D eigenvalue weighted by Gasteiger charge is -2.19. The van der Waals surface area contributed by atoms with E-state index in [1.54, 1.807) is 11.0 Å². The van der Waals surface area contributed by atoms with Crippen molar-refractivity contribution in [3.63, 3.8) is 0 Å². The molecule has 116 valence electrons.